The van der Waals surface area contributed by atoms with Crippen LogP contribution in [0.3, 0.4) is 0 Å². The number of para-hydroxylation sites is 1. The van der Waals surface area contributed by atoms with Gasteiger partial charge in [-0.1, -0.05) is 12.1 Å². The lowest BCUT2D eigenvalue weighted by Crippen LogP contribution is -2.11. The second-order valence-electron chi connectivity index (χ2n) is 5.03. The lowest BCUT2D eigenvalue weighted by atomic mass is 10.1. The quantitative estimate of drug-likeness (QED) is 0.536. The molecular formula is C15H15N7O2. The summed E-state index contributed by atoms with van der Waals surface area (Å²) in [6.07, 6.45) is 2.11. The van der Waals surface area contributed by atoms with Crippen LogP contribution in [0, 0.1) is 0 Å². The van der Waals surface area contributed by atoms with Crippen molar-refractivity contribution in [1.82, 2.24) is 19.9 Å². The third-order valence-corrected chi connectivity index (χ3v) is 3.36. The van der Waals surface area contributed by atoms with Gasteiger partial charge >= 0.3 is 5.97 Å². The van der Waals surface area contributed by atoms with Gasteiger partial charge < -0.3 is 21.9 Å². The van der Waals surface area contributed by atoms with Gasteiger partial charge in [0.2, 0.25) is 5.95 Å². The minimum Gasteiger partial charge on any atom is -0.478 e. The number of fused-ring (bicyclic) bond motifs is 1. The van der Waals surface area contributed by atoms with Crippen LogP contribution in [0.2, 0.25) is 0 Å². The normalized spacial score (nSPS) is 10.7. The fraction of sp³-hybridized carbons (Fsp3) is 0.133. The molecule has 0 amide bonds. The molecule has 9 nitrogen and oxygen atoms in total. The second kappa shape index (κ2) is 6.32. The topological polar surface area (TPSA) is 153 Å². The largest absolute Gasteiger partial charge is 0.478 e. The molecule has 0 fully saturated rings. The Labute approximate surface area is 136 Å². The summed E-state index contributed by atoms with van der Waals surface area (Å²) in [5.41, 5.74) is 13.5. The predicted molar refractivity (Wildman–Crippen MR) is 89.5 cm³/mol. The van der Waals surface area contributed by atoms with Crippen molar-refractivity contribution in [2.75, 3.05) is 23.3 Å². The Balaban J connectivity index is 1.74. The van der Waals surface area contributed by atoms with Gasteiger partial charge in [-0.3, -0.25) is 0 Å². The fourth-order valence-corrected chi connectivity index (χ4v) is 2.25. The van der Waals surface area contributed by atoms with E-state index in [-0.39, 0.29) is 17.3 Å². The van der Waals surface area contributed by atoms with E-state index in [0.29, 0.717) is 35.5 Å². The van der Waals surface area contributed by atoms with Crippen molar-refractivity contribution in [2.45, 2.75) is 6.42 Å². The number of carbonyl (C=O) groups is 1. The fourth-order valence-electron chi connectivity index (χ4n) is 2.25. The Bertz CT molecular complexity index is 913. The molecule has 0 saturated heterocycles. The van der Waals surface area contributed by atoms with Crippen LogP contribution in [-0.2, 0) is 6.42 Å². The highest BCUT2D eigenvalue weighted by molar-refractivity contribution is 5.94. The molecule has 9 heteroatoms. The van der Waals surface area contributed by atoms with Gasteiger partial charge in [0, 0.05) is 18.7 Å². The monoisotopic (exact) mass is 325 g/mol. The van der Waals surface area contributed by atoms with Gasteiger partial charge in [-0.2, -0.15) is 9.97 Å². The molecular weight excluding hydrogens is 310 g/mol. The third kappa shape index (κ3) is 3.14. The molecule has 0 aliphatic heterocycles. The molecule has 3 aromatic rings. The number of rotatable bonds is 5. The summed E-state index contributed by atoms with van der Waals surface area (Å²) >= 11 is 0. The molecule has 6 N–H and O–H groups in total. The number of carboxylic acid groups (broad SMARTS) is 1. The number of benzene rings is 1. The average Bonchev–Trinajstić information content (AvgIpc) is 2.55. The van der Waals surface area contributed by atoms with Crippen LogP contribution in [0.5, 0.6) is 0 Å². The van der Waals surface area contributed by atoms with Crippen molar-refractivity contribution < 1.29 is 9.90 Å². The highest BCUT2D eigenvalue weighted by Gasteiger charge is 2.10. The van der Waals surface area contributed by atoms with Crippen LogP contribution in [0.15, 0.2) is 30.5 Å². The first kappa shape index (κ1) is 15.4. The van der Waals surface area contributed by atoms with Gasteiger partial charge in [0.25, 0.3) is 0 Å². The standard InChI is InChI=1S/C15H15N7O2/c16-12-11-13(22-15(17)21-12)19-7-8(20-11)5-6-18-10-4-2-1-3-9(10)14(23)24/h1-4,7,18H,5-6H2,(H,23,24)(H4,16,17,19,21,22). The number of carboxylic acids is 1. The van der Waals surface area contributed by atoms with Crippen LogP contribution in [-0.4, -0.2) is 37.6 Å². The van der Waals surface area contributed by atoms with E-state index >= 15 is 0 Å². The van der Waals surface area contributed by atoms with Crippen molar-refractivity contribution in [3.63, 3.8) is 0 Å². The summed E-state index contributed by atoms with van der Waals surface area (Å²) in [6.45, 7) is 0.486. The maximum atomic E-state index is 11.2. The number of nitrogen functional groups attached to an aromatic ring is 2. The molecule has 2 aromatic heterocycles. The van der Waals surface area contributed by atoms with E-state index in [4.69, 9.17) is 16.6 Å². The lowest BCUT2D eigenvalue weighted by Gasteiger charge is -2.09. The van der Waals surface area contributed by atoms with E-state index in [9.17, 15) is 4.79 Å². The smallest absolute Gasteiger partial charge is 0.337 e. The maximum Gasteiger partial charge on any atom is 0.337 e. The van der Waals surface area contributed by atoms with Crippen LogP contribution in [0.4, 0.5) is 17.5 Å². The van der Waals surface area contributed by atoms with Crippen molar-refractivity contribution in [2.24, 2.45) is 0 Å². The molecule has 0 aliphatic carbocycles. The summed E-state index contributed by atoms with van der Waals surface area (Å²) < 4.78 is 0. The SMILES string of the molecule is Nc1nc(N)c2nc(CCNc3ccccc3C(=O)O)cnc2n1. The van der Waals surface area contributed by atoms with Crippen LogP contribution in [0.1, 0.15) is 16.1 Å². The summed E-state index contributed by atoms with van der Waals surface area (Å²) in [4.78, 5) is 27.6. The highest BCUT2D eigenvalue weighted by atomic mass is 16.4. The molecule has 0 atom stereocenters. The zero-order chi connectivity index (χ0) is 17.1. The number of nitrogens with zero attached hydrogens (tertiary/aromatic N) is 4. The second-order valence-corrected chi connectivity index (χ2v) is 5.03. The summed E-state index contributed by atoms with van der Waals surface area (Å²) in [5, 5.41) is 12.2. The van der Waals surface area contributed by atoms with E-state index in [0.717, 1.165) is 0 Å². The third-order valence-electron chi connectivity index (χ3n) is 3.36. The summed E-state index contributed by atoms with van der Waals surface area (Å²) in [6, 6.07) is 6.71. The van der Waals surface area contributed by atoms with Gasteiger partial charge in [-0.15, -0.1) is 0 Å². The van der Waals surface area contributed by atoms with Crippen LogP contribution in [0.25, 0.3) is 11.2 Å². The molecule has 0 saturated carbocycles. The number of nitrogens with two attached hydrogens (primary N) is 2. The van der Waals surface area contributed by atoms with Crippen molar-refractivity contribution >= 4 is 34.6 Å². The highest BCUT2D eigenvalue weighted by Crippen LogP contribution is 2.16. The zero-order valence-electron chi connectivity index (χ0n) is 12.6. The minimum atomic E-state index is -0.980. The van der Waals surface area contributed by atoms with Gasteiger partial charge in [-0.25, -0.2) is 14.8 Å². The number of aromatic carboxylic acids is 1. The lowest BCUT2D eigenvalue weighted by molar-refractivity contribution is 0.0698. The van der Waals surface area contributed by atoms with E-state index in [1.54, 1.807) is 30.5 Å². The van der Waals surface area contributed by atoms with Gasteiger partial charge in [0.05, 0.1) is 17.5 Å². The Kier molecular flexibility index (Phi) is 4.06. The molecule has 0 radical (unpaired) electrons. The van der Waals surface area contributed by atoms with Crippen molar-refractivity contribution in [3.05, 3.63) is 41.7 Å². The van der Waals surface area contributed by atoms with Gasteiger partial charge in [0.15, 0.2) is 17.0 Å². The molecule has 3 rings (SSSR count). The van der Waals surface area contributed by atoms with E-state index in [2.05, 4.69) is 25.3 Å². The van der Waals surface area contributed by atoms with Crippen LogP contribution < -0.4 is 16.8 Å². The Morgan fingerprint density at radius 3 is 2.75 bits per heavy atom. The van der Waals surface area contributed by atoms with Crippen molar-refractivity contribution in [3.8, 4) is 0 Å². The van der Waals surface area contributed by atoms with E-state index in [1.165, 1.54) is 0 Å². The first-order valence-electron chi connectivity index (χ1n) is 7.15. The molecule has 1 aromatic carbocycles. The Morgan fingerprint density at radius 1 is 1.17 bits per heavy atom. The molecule has 0 bridgehead atoms. The van der Waals surface area contributed by atoms with Crippen molar-refractivity contribution in [1.29, 1.82) is 0 Å². The maximum absolute atomic E-state index is 11.2. The first-order chi connectivity index (χ1) is 11.5. The Morgan fingerprint density at radius 2 is 1.96 bits per heavy atom. The summed E-state index contributed by atoms with van der Waals surface area (Å²) in [5.74, 6) is -0.754. The molecule has 0 unspecified atom stereocenters. The summed E-state index contributed by atoms with van der Waals surface area (Å²) in [7, 11) is 0. The van der Waals surface area contributed by atoms with E-state index < -0.39 is 5.97 Å². The first-order valence-corrected chi connectivity index (χ1v) is 7.15. The zero-order valence-corrected chi connectivity index (χ0v) is 12.6. The minimum absolute atomic E-state index is 0.0500. The molecule has 0 spiro atoms. The number of aromatic nitrogens is 4. The van der Waals surface area contributed by atoms with Crippen LogP contribution >= 0.6 is 0 Å². The molecule has 2 heterocycles. The predicted octanol–water partition coefficient (Wildman–Crippen LogP) is 0.937. The Hall–Kier alpha value is -3.49. The van der Waals surface area contributed by atoms with E-state index in [1.807, 2.05) is 0 Å². The molecule has 122 valence electrons. The molecule has 0 aliphatic rings. The van der Waals surface area contributed by atoms with Gasteiger partial charge in [-0.05, 0) is 12.1 Å². The van der Waals surface area contributed by atoms with Gasteiger partial charge in [0.1, 0.15) is 0 Å². The number of hydrogen-bond donors (Lipinski definition) is 4. The number of hydrogen-bond acceptors (Lipinski definition) is 8. The number of nitrogens with one attached hydrogen (secondary N) is 1. The molecule has 24 heavy (non-hydrogen) atoms. The number of anilines is 3. The average molecular weight is 325 g/mol.